The van der Waals surface area contributed by atoms with E-state index in [0.29, 0.717) is 22.6 Å². The normalized spacial score (nSPS) is 10.6. The van der Waals surface area contributed by atoms with E-state index in [-0.39, 0.29) is 12.4 Å². The van der Waals surface area contributed by atoms with Crippen molar-refractivity contribution in [3.8, 4) is 17.0 Å². The van der Waals surface area contributed by atoms with Gasteiger partial charge in [-0.15, -0.1) is 0 Å². The molecule has 0 aliphatic carbocycles. The minimum Gasteiger partial charge on any atom is -0.494 e. The van der Waals surface area contributed by atoms with Crippen LogP contribution in [0, 0.1) is 12.7 Å². The van der Waals surface area contributed by atoms with E-state index in [1.807, 2.05) is 0 Å². The van der Waals surface area contributed by atoms with Crippen molar-refractivity contribution in [2.24, 2.45) is 0 Å². The Bertz CT molecular complexity index is 537. The van der Waals surface area contributed by atoms with Gasteiger partial charge in [-0.1, -0.05) is 5.16 Å². The molecule has 1 aromatic heterocycles. The van der Waals surface area contributed by atoms with Crippen molar-refractivity contribution in [2.75, 3.05) is 7.11 Å². The van der Waals surface area contributed by atoms with Crippen LogP contribution >= 0.6 is 0 Å². The molecule has 0 atom stereocenters. The van der Waals surface area contributed by atoms with E-state index in [1.165, 1.54) is 19.2 Å². The summed E-state index contributed by atoms with van der Waals surface area (Å²) in [5, 5.41) is 13.0. The highest BCUT2D eigenvalue weighted by Gasteiger charge is 2.15. The van der Waals surface area contributed by atoms with E-state index >= 15 is 0 Å². The third kappa shape index (κ3) is 2.01. The van der Waals surface area contributed by atoms with Crippen molar-refractivity contribution >= 4 is 0 Å². The van der Waals surface area contributed by atoms with Gasteiger partial charge in [0.15, 0.2) is 11.6 Å². The van der Waals surface area contributed by atoms with Crippen molar-refractivity contribution < 1.29 is 18.8 Å². The zero-order chi connectivity index (χ0) is 12.4. The molecule has 4 nitrogen and oxygen atoms in total. The average Bonchev–Trinajstić information content (AvgIpc) is 2.70. The molecule has 0 bridgehead atoms. The molecule has 0 aliphatic rings. The lowest BCUT2D eigenvalue weighted by Crippen LogP contribution is -1.91. The summed E-state index contributed by atoms with van der Waals surface area (Å²) in [6.07, 6.45) is 0. The van der Waals surface area contributed by atoms with Gasteiger partial charge in [-0.2, -0.15) is 0 Å². The molecule has 2 aromatic rings. The Morgan fingerprint density at radius 2 is 2.24 bits per heavy atom. The van der Waals surface area contributed by atoms with Crippen molar-refractivity contribution in [3.63, 3.8) is 0 Å². The van der Waals surface area contributed by atoms with Gasteiger partial charge in [0.2, 0.25) is 0 Å². The Hall–Kier alpha value is -1.88. The number of aromatic nitrogens is 1. The molecule has 0 saturated heterocycles. The predicted molar refractivity (Wildman–Crippen MR) is 59.1 cm³/mol. The molecule has 1 N–H and O–H groups in total. The van der Waals surface area contributed by atoms with Gasteiger partial charge in [-0.05, 0) is 25.1 Å². The quantitative estimate of drug-likeness (QED) is 0.889. The Kier molecular flexibility index (Phi) is 3.10. The maximum atomic E-state index is 13.5. The van der Waals surface area contributed by atoms with Gasteiger partial charge in [0.05, 0.1) is 13.7 Å². The first-order valence-corrected chi connectivity index (χ1v) is 5.07. The lowest BCUT2D eigenvalue weighted by Gasteiger charge is -2.04. The molecular weight excluding hydrogens is 225 g/mol. The molecular formula is C12H12FNO3. The number of hydrogen-bond acceptors (Lipinski definition) is 4. The topological polar surface area (TPSA) is 55.5 Å². The largest absolute Gasteiger partial charge is 0.494 e. The van der Waals surface area contributed by atoms with Crippen molar-refractivity contribution in [1.29, 1.82) is 0 Å². The standard InChI is InChI=1S/C12H12FNO3/c1-7-9(6-15)12(14-17-7)8-3-4-11(16-2)10(13)5-8/h3-5,15H,6H2,1-2H3. The summed E-state index contributed by atoms with van der Waals surface area (Å²) in [7, 11) is 1.40. The van der Waals surface area contributed by atoms with E-state index in [9.17, 15) is 9.50 Å². The maximum Gasteiger partial charge on any atom is 0.165 e. The van der Waals surface area contributed by atoms with Gasteiger partial charge in [0, 0.05) is 11.1 Å². The highest BCUT2D eigenvalue weighted by molar-refractivity contribution is 5.64. The smallest absolute Gasteiger partial charge is 0.165 e. The van der Waals surface area contributed by atoms with Crippen LogP contribution < -0.4 is 4.74 Å². The number of ether oxygens (including phenoxy) is 1. The fourth-order valence-electron chi connectivity index (χ4n) is 1.62. The second kappa shape index (κ2) is 4.55. The summed E-state index contributed by atoms with van der Waals surface area (Å²) in [6, 6.07) is 4.48. The van der Waals surface area contributed by atoms with Gasteiger partial charge < -0.3 is 14.4 Å². The number of benzene rings is 1. The Balaban J connectivity index is 2.49. The second-order valence-corrected chi connectivity index (χ2v) is 3.57. The minimum atomic E-state index is -0.477. The molecule has 1 heterocycles. The molecule has 0 radical (unpaired) electrons. The van der Waals surface area contributed by atoms with Crippen LogP contribution in [0.2, 0.25) is 0 Å². The number of nitrogens with zero attached hydrogens (tertiary/aromatic N) is 1. The second-order valence-electron chi connectivity index (χ2n) is 3.57. The van der Waals surface area contributed by atoms with Crippen LogP contribution in [-0.2, 0) is 6.61 Å². The lowest BCUT2D eigenvalue weighted by atomic mass is 10.1. The van der Waals surface area contributed by atoms with Crippen LogP contribution in [0.1, 0.15) is 11.3 Å². The van der Waals surface area contributed by atoms with E-state index in [0.717, 1.165) is 0 Å². The van der Waals surface area contributed by atoms with E-state index in [1.54, 1.807) is 13.0 Å². The zero-order valence-electron chi connectivity index (χ0n) is 9.53. The fourth-order valence-corrected chi connectivity index (χ4v) is 1.62. The number of aryl methyl sites for hydroxylation is 1. The monoisotopic (exact) mass is 237 g/mol. The van der Waals surface area contributed by atoms with E-state index in [2.05, 4.69) is 5.16 Å². The molecule has 0 spiro atoms. The molecule has 0 unspecified atom stereocenters. The third-order valence-electron chi connectivity index (χ3n) is 2.57. The summed E-state index contributed by atoms with van der Waals surface area (Å²) in [5.41, 5.74) is 1.56. The van der Waals surface area contributed by atoms with Crippen molar-refractivity contribution in [2.45, 2.75) is 13.5 Å². The molecule has 0 saturated carbocycles. The van der Waals surface area contributed by atoms with Gasteiger partial charge in [0.1, 0.15) is 11.5 Å². The summed E-state index contributed by atoms with van der Waals surface area (Å²) in [6.45, 7) is 1.50. The van der Waals surface area contributed by atoms with E-state index < -0.39 is 5.82 Å². The first kappa shape index (κ1) is 11.6. The van der Waals surface area contributed by atoms with Gasteiger partial charge in [-0.3, -0.25) is 0 Å². The van der Waals surface area contributed by atoms with Crippen LogP contribution in [0.4, 0.5) is 4.39 Å². The third-order valence-corrected chi connectivity index (χ3v) is 2.57. The van der Waals surface area contributed by atoms with Crippen LogP contribution in [0.3, 0.4) is 0 Å². The molecule has 2 rings (SSSR count). The van der Waals surface area contributed by atoms with Crippen LogP contribution in [0.25, 0.3) is 11.3 Å². The van der Waals surface area contributed by atoms with Crippen molar-refractivity contribution in [3.05, 3.63) is 35.3 Å². The number of aliphatic hydroxyl groups is 1. The minimum absolute atomic E-state index is 0.166. The molecule has 0 fully saturated rings. The maximum absolute atomic E-state index is 13.5. The van der Waals surface area contributed by atoms with Crippen LogP contribution in [0.15, 0.2) is 22.7 Å². The summed E-state index contributed by atoms with van der Waals surface area (Å²) in [5.74, 6) is 0.216. The number of hydrogen-bond donors (Lipinski definition) is 1. The van der Waals surface area contributed by atoms with Crippen LogP contribution in [0.5, 0.6) is 5.75 Å². The Morgan fingerprint density at radius 3 is 2.82 bits per heavy atom. The summed E-state index contributed by atoms with van der Waals surface area (Å²) in [4.78, 5) is 0. The van der Waals surface area contributed by atoms with Crippen molar-refractivity contribution in [1.82, 2.24) is 5.16 Å². The molecule has 5 heteroatoms. The Morgan fingerprint density at radius 1 is 1.47 bits per heavy atom. The van der Waals surface area contributed by atoms with Gasteiger partial charge in [0.25, 0.3) is 0 Å². The highest BCUT2D eigenvalue weighted by atomic mass is 19.1. The van der Waals surface area contributed by atoms with Crippen LogP contribution in [-0.4, -0.2) is 17.4 Å². The Labute approximate surface area is 97.6 Å². The SMILES string of the molecule is COc1ccc(-c2noc(C)c2CO)cc1F. The highest BCUT2D eigenvalue weighted by Crippen LogP contribution is 2.28. The molecule has 0 aliphatic heterocycles. The lowest BCUT2D eigenvalue weighted by molar-refractivity contribution is 0.278. The van der Waals surface area contributed by atoms with Gasteiger partial charge >= 0.3 is 0 Å². The number of rotatable bonds is 3. The predicted octanol–water partition coefficient (Wildman–Crippen LogP) is 2.29. The first-order chi connectivity index (χ1) is 8.17. The number of aliphatic hydroxyl groups excluding tert-OH is 1. The van der Waals surface area contributed by atoms with E-state index in [4.69, 9.17) is 9.26 Å². The first-order valence-electron chi connectivity index (χ1n) is 5.07. The molecule has 90 valence electrons. The average molecular weight is 237 g/mol. The van der Waals surface area contributed by atoms with Gasteiger partial charge in [-0.25, -0.2) is 4.39 Å². The molecule has 1 aromatic carbocycles. The summed E-state index contributed by atoms with van der Waals surface area (Å²) >= 11 is 0. The number of halogens is 1. The summed E-state index contributed by atoms with van der Waals surface area (Å²) < 4.78 is 23.3. The molecule has 0 amide bonds. The zero-order valence-corrected chi connectivity index (χ0v) is 9.53. The fraction of sp³-hybridized carbons (Fsp3) is 0.250. The number of methoxy groups -OCH3 is 1. The molecule has 17 heavy (non-hydrogen) atoms.